The molecule has 1 aliphatic rings. The van der Waals surface area contributed by atoms with Gasteiger partial charge in [-0.3, -0.25) is 5.32 Å². The fourth-order valence-corrected chi connectivity index (χ4v) is 2.71. The molecule has 18 heavy (non-hydrogen) atoms. The molecule has 1 saturated carbocycles. The van der Waals surface area contributed by atoms with Crippen molar-refractivity contribution in [3.05, 3.63) is 34.6 Å². The highest BCUT2D eigenvalue weighted by Gasteiger charge is 2.20. The average molecular weight is 267 g/mol. The van der Waals surface area contributed by atoms with Crippen LogP contribution < -0.4 is 5.32 Å². The number of hydrogen-bond acceptors (Lipinski definition) is 2. The molecule has 1 unspecified atom stereocenters. The maximum absolute atomic E-state index is 13.0. The third-order valence-corrected chi connectivity index (χ3v) is 3.74. The molecule has 2 nitrogen and oxygen atoms in total. The molecule has 4 heteroatoms. The summed E-state index contributed by atoms with van der Waals surface area (Å²) < 4.78 is 13.0. The maximum atomic E-state index is 13.0. The highest BCUT2D eigenvalue weighted by Crippen LogP contribution is 2.26. The van der Waals surface area contributed by atoms with Gasteiger partial charge in [0.05, 0.1) is 6.07 Å². The van der Waals surface area contributed by atoms with Crippen molar-refractivity contribution in [3.63, 3.8) is 0 Å². The molecule has 1 atom stereocenters. The first-order valence-electron chi connectivity index (χ1n) is 6.31. The first kappa shape index (κ1) is 13.3. The molecule has 96 valence electrons. The standard InChI is InChI=1S/C14H16ClFN2/c15-13-8-10(16)6-7-12(13)14(9-17)18-11-4-2-1-3-5-11/h6-8,11,14,18H,1-5H2. The second-order valence-electron chi connectivity index (χ2n) is 4.73. The van der Waals surface area contributed by atoms with E-state index in [2.05, 4.69) is 11.4 Å². The van der Waals surface area contributed by atoms with Crippen LogP contribution in [0.4, 0.5) is 4.39 Å². The number of rotatable bonds is 3. The summed E-state index contributed by atoms with van der Waals surface area (Å²) in [4.78, 5) is 0. The molecule has 0 radical (unpaired) electrons. The largest absolute Gasteiger partial charge is 0.295 e. The number of hydrogen-bond donors (Lipinski definition) is 1. The van der Waals surface area contributed by atoms with Crippen LogP contribution in [0, 0.1) is 17.1 Å². The van der Waals surface area contributed by atoms with E-state index in [0.29, 0.717) is 16.6 Å². The molecular weight excluding hydrogens is 251 g/mol. The Hall–Kier alpha value is -1.11. The van der Waals surface area contributed by atoms with Crippen LogP contribution in [0.2, 0.25) is 5.02 Å². The van der Waals surface area contributed by atoms with Crippen LogP contribution in [0.1, 0.15) is 43.7 Å². The van der Waals surface area contributed by atoms with Crippen molar-refractivity contribution in [1.82, 2.24) is 5.32 Å². The fraction of sp³-hybridized carbons (Fsp3) is 0.500. The van der Waals surface area contributed by atoms with Gasteiger partial charge in [0.25, 0.3) is 0 Å². The van der Waals surface area contributed by atoms with Gasteiger partial charge in [0.2, 0.25) is 0 Å². The predicted octanol–water partition coefficient (Wildman–Crippen LogP) is 3.97. The third kappa shape index (κ3) is 3.22. The monoisotopic (exact) mass is 266 g/mol. The zero-order valence-electron chi connectivity index (χ0n) is 10.1. The van der Waals surface area contributed by atoms with Crippen LogP contribution >= 0.6 is 11.6 Å². The van der Waals surface area contributed by atoms with Gasteiger partial charge in [-0.2, -0.15) is 5.26 Å². The third-order valence-electron chi connectivity index (χ3n) is 3.41. The molecule has 0 bridgehead atoms. The molecule has 0 aliphatic heterocycles. The van der Waals surface area contributed by atoms with E-state index in [1.165, 1.54) is 31.4 Å². The lowest BCUT2D eigenvalue weighted by atomic mass is 9.94. The van der Waals surface area contributed by atoms with Crippen LogP contribution in [0.3, 0.4) is 0 Å². The molecule has 2 rings (SSSR count). The van der Waals surface area contributed by atoms with Gasteiger partial charge in [0.15, 0.2) is 0 Å². The van der Waals surface area contributed by atoms with Crippen LogP contribution in [0.25, 0.3) is 0 Å². The van der Waals surface area contributed by atoms with E-state index in [1.54, 1.807) is 6.07 Å². The van der Waals surface area contributed by atoms with Gasteiger partial charge in [-0.15, -0.1) is 0 Å². The van der Waals surface area contributed by atoms with Crippen molar-refractivity contribution in [2.24, 2.45) is 0 Å². The van der Waals surface area contributed by atoms with Crippen molar-refractivity contribution >= 4 is 11.6 Å². The average Bonchev–Trinajstić information content (AvgIpc) is 2.38. The second-order valence-corrected chi connectivity index (χ2v) is 5.14. The molecule has 0 spiro atoms. The normalized spacial score (nSPS) is 18.3. The fourth-order valence-electron chi connectivity index (χ4n) is 2.44. The Labute approximate surface area is 112 Å². The molecule has 1 aliphatic carbocycles. The smallest absolute Gasteiger partial charge is 0.124 e. The van der Waals surface area contributed by atoms with E-state index in [4.69, 9.17) is 11.6 Å². The second kappa shape index (κ2) is 6.17. The first-order valence-corrected chi connectivity index (χ1v) is 6.69. The van der Waals surface area contributed by atoms with Crippen LogP contribution in [0.15, 0.2) is 18.2 Å². The maximum Gasteiger partial charge on any atom is 0.124 e. The summed E-state index contributed by atoms with van der Waals surface area (Å²) in [5, 5.41) is 12.9. The van der Waals surface area contributed by atoms with Crippen molar-refractivity contribution < 1.29 is 4.39 Å². The molecule has 0 heterocycles. The lowest BCUT2D eigenvalue weighted by Crippen LogP contribution is -2.34. The predicted molar refractivity (Wildman–Crippen MR) is 69.8 cm³/mol. The number of nitrogens with zero attached hydrogens (tertiary/aromatic N) is 1. The molecular formula is C14H16ClFN2. The topological polar surface area (TPSA) is 35.8 Å². The molecule has 1 N–H and O–H groups in total. The van der Waals surface area contributed by atoms with Gasteiger partial charge in [-0.1, -0.05) is 36.9 Å². The summed E-state index contributed by atoms with van der Waals surface area (Å²) >= 11 is 5.99. The molecule has 0 aromatic heterocycles. The zero-order valence-corrected chi connectivity index (χ0v) is 10.9. The number of halogens is 2. The lowest BCUT2D eigenvalue weighted by molar-refractivity contribution is 0.360. The van der Waals surface area contributed by atoms with E-state index in [-0.39, 0.29) is 5.82 Å². The Kier molecular flexibility index (Phi) is 4.57. The van der Waals surface area contributed by atoms with Crippen molar-refractivity contribution in [2.45, 2.75) is 44.2 Å². The summed E-state index contributed by atoms with van der Waals surface area (Å²) in [7, 11) is 0. The van der Waals surface area contributed by atoms with E-state index >= 15 is 0 Å². The molecule has 1 fully saturated rings. The van der Waals surface area contributed by atoms with Crippen molar-refractivity contribution in [2.75, 3.05) is 0 Å². The quantitative estimate of drug-likeness (QED) is 0.899. The van der Waals surface area contributed by atoms with Gasteiger partial charge in [0, 0.05) is 16.6 Å². The summed E-state index contributed by atoms with van der Waals surface area (Å²) in [6, 6.07) is 6.30. The molecule has 0 saturated heterocycles. The van der Waals surface area contributed by atoms with Gasteiger partial charge < -0.3 is 0 Å². The number of nitriles is 1. The highest BCUT2D eigenvalue weighted by molar-refractivity contribution is 6.31. The molecule has 1 aromatic rings. The first-order chi connectivity index (χ1) is 8.70. The van der Waals surface area contributed by atoms with E-state index in [9.17, 15) is 9.65 Å². The summed E-state index contributed by atoms with van der Waals surface area (Å²) in [6.07, 6.45) is 5.86. The Bertz CT molecular complexity index is 450. The highest BCUT2D eigenvalue weighted by atomic mass is 35.5. The Morgan fingerprint density at radius 1 is 1.33 bits per heavy atom. The summed E-state index contributed by atoms with van der Waals surface area (Å²) in [6.45, 7) is 0. The van der Waals surface area contributed by atoms with Crippen molar-refractivity contribution in [1.29, 1.82) is 5.26 Å². The van der Waals surface area contributed by atoms with Gasteiger partial charge >= 0.3 is 0 Å². The number of benzene rings is 1. The summed E-state index contributed by atoms with van der Waals surface area (Å²) in [5.74, 6) is -0.377. The van der Waals surface area contributed by atoms with E-state index < -0.39 is 6.04 Å². The minimum atomic E-state index is -0.457. The van der Waals surface area contributed by atoms with Crippen LogP contribution in [-0.4, -0.2) is 6.04 Å². The van der Waals surface area contributed by atoms with E-state index in [1.807, 2.05) is 0 Å². The van der Waals surface area contributed by atoms with Gasteiger partial charge in [0.1, 0.15) is 11.9 Å². The number of nitrogens with one attached hydrogen (secondary N) is 1. The van der Waals surface area contributed by atoms with Crippen LogP contribution in [-0.2, 0) is 0 Å². The minimum Gasteiger partial charge on any atom is -0.295 e. The van der Waals surface area contributed by atoms with E-state index in [0.717, 1.165) is 12.8 Å². The summed E-state index contributed by atoms with van der Waals surface area (Å²) in [5.41, 5.74) is 0.658. The molecule has 1 aromatic carbocycles. The minimum absolute atomic E-state index is 0.310. The SMILES string of the molecule is N#CC(NC1CCCCC1)c1ccc(F)cc1Cl. The Balaban J connectivity index is 2.10. The van der Waals surface area contributed by atoms with Gasteiger partial charge in [-0.25, -0.2) is 4.39 Å². The Morgan fingerprint density at radius 3 is 2.67 bits per heavy atom. The van der Waals surface area contributed by atoms with Crippen molar-refractivity contribution in [3.8, 4) is 6.07 Å². The molecule has 0 amide bonds. The van der Waals surface area contributed by atoms with Gasteiger partial charge in [-0.05, 0) is 25.0 Å². The lowest BCUT2D eigenvalue weighted by Gasteiger charge is -2.25. The zero-order chi connectivity index (χ0) is 13.0. The Morgan fingerprint density at radius 2 is 2.06 bits per heavy atom. The van der Waals surface area contributed by atoms with Crippen LogP contribution in [0.5, 0.6) is 0 Å².